The van der Waals surface area contributed by atoms with Gasteiger partial charge in [0.05, 0.1) is 19.3 Å². The van der Waals surface area contributed by atoms with Gasteiger partial charge < -0.3 is 10.5 Å². The second kappa shape index (κ2) is 5.35. The van der Waals surface area contributed by atoms with Crippen LogP contribution >= 0.6 is 0 Å². The molecule has 0 fully saturated rings. The fraction of sp³-hybridized carbons (Fsp3) is 0.455. The standard InChI is InChI=1S/C11H13F4NO/c1-17-7-2-3-8(10(16)4-5-12)9(6-7)11(13,14)15/h2-3,6,10H,4-5,16H2,1H3/t10-/m1/s1. The molecule has 0 aliphatic heterocycles. The number of ether oxygens (including phenoxy) is 1. The summed E-state index contributed by atoms with van der Waals surface area (Å²) in [5, 5.41) is 0. The van der Waals surface area contributed by atoms with E-state index in [0.717, 1.165) is 6.07 Å². The lowest BCUT2D eigenvalue weighted by molar-refractivity contribution is -0.138. The van der Waals surface area contributed by atoms with E-state index in [2.05, 4.69) is 0 Å². The van der Waals surface area contributed by atoms with E-state index in [1.165, 1.54) is 19.2 Å². The molecule has 1 aromatic carbocycles. The number of alkyl halides is 4. The maximum absolute atomic E-state index is 12.8. The lowest BCUT2D eigenvalue weighted by Gasteiger charge is -2.18. The zero-order valence-electron chi connectivity index (χ0n) is 9.22. The van der Waals surface area contributed by atoms with E-state index in [4.69, 9.17) is 10.5 Å². The van der Waals surface area contributed by atoms with Crippen molar-refractivity contribution >= 4 is 0 Å². The van der Waals surface area contributed by atoms with Gasteiger partial charge in [-0.1, -0.05) is 6.07 Å². The Morgan fingerprint density at radius 1 is 1.35 bits per heavy atom. The van der Waals surface area contributed by atoms with Crippen molar-refractivity contribution < 1.29 is 22.3 Å². The van der Waals surface area contributed by atoms with E-state index in [1.807, 2.05) is 0 Å². The Morgan fingerprint density at radius 3 is 2.47 bits per heavy atom. The van der Waals surface area contributed by atoms with Crippen LogP contribution in [0.5, 0.6) is 5.75 Å². The maximum Gasteiger partial charge on any atom is 0.416 e. The number of halogens is 4. The third-order valence-electron chi connectivity index (χ3n) is 2.39. The number of benzene rings is 1. The molecule has 0 aliphatic rings. The van der Waals surface area contributed by atoms with Crippen molar-refractivity contribution in [1.29, 1.82) is 0 Å². The Hall–Kier alpha value is -1.30. The normalized spacial score (nSPS) is 13.5. The van der Waals surface area contributed by atoms with E-state index < -0.39 is 24.5 Å². The average molecular weight is 251 g/mol. The van der Waals surface area contributed by atoms with Gasteiger partial charge in [0.15, 0.2) is 0 Å². The van der Waals surface area contributed by atoms with Crippen LogP contribution in [-0.2, 0) is 6.18 Å². The highest BCUT2D eigenvalue weighted by molar-refractivity contribution is 5.39. The highest BCUT2D eigenvalue weighted by Crippen LogP contribution is 2.36. The quantitative estimate of drug-likeness (QED) is 0.834. The largest absolute Gasteiger partial charge is 0.497 e. The van der Waals surface area contributed by atoms with Gasteiger partial charge in [0.2, 0.25) is 0 Å². The first kappa shape index (κ1) is 13.8. The van der Waals surface area contributed by atoms with Gasteiger partial charge in [0, 0.05) is 6.04 Å². The minimum Gasteiger partial charge on any atom is -0.497 e. The summed E-state index contributed by atoms with van der Waals surface area (Å²) in [7, 11) is 1.27. The smallest absolute Gasteiger partial charge is 0.416 e. The van der Waals surface area contributed by atoms with Gasteiger partial charge in [-0.05, 0) is 24.1 Å². The van der Waals surface area contributed by atoms with Gasteiger partial charge in [-0.25, -0.2) is 0 Å². The van der Waals surface area contributed by atoms with Crippen LogP contribution in [0.4, 0.5) is 17.6 Å². The molecular formula is C11H13F4NO. The number of hydrogen-bond donors (Lipinski definition) is 1. The second-order valence-corrected chi connectivity index (χ2v) is 3.54. The predicted molar refractivity (Wildman–Crippen MR) is 55.5 cm³/mol. The summed E-state index contributed by atoms with van der Waals surface area (Å²) in [5.74, 6) is 0.0912. The van der Waals surface area contributed by atoms with Crippen molar-refractivity contribution in [2.24, 2.45) is 5.73 Å². The second-order valence-electron chi connectivity index (χ2n) is 3.54. The summed E-state index contributed by atoms with van der Waals surface area (Å²) in [6.07, 6.45) is -4.67. The van der Waals surface area contributed by atoms with Crippen molar-refractivity contribution in [1.82, 2.24) is 0 Å². The van der Waals surface area contributed by atoms with Crippen LogP contribution in [0.3, 0.4) is 0 Å². The molecule has 0 aromatic heterocycles. The zero-order chi connectivity index (χ0) is 13.1. The monoisotopic (exact) mass is 251 g/mol. The molecule has 0 aliphatic carbocycles. The lowest BCUT2D eigenvalue weighted by Crippen LogP contribution is -2.18. The Bertz CT molecular complexity index is 378. The number of rotatable bonds is 4. The maximum atomic E-state index is 12.8. The van der Waals surface area contributed by atoms with Gasteiger partial charge in [0.25, 0.3) is 0 Å². The van der Waals surface area contributed by atoms with Crippen LogP contribution in [0.2, 0.25) is 0 Å². The number of nitrogens with two attached hydrogens (primary N) is 1. The minimum absolute atomic E-state index is 0.0912. The van der Waals surface area contributed by atoms with Crippen molar-refractivity contribution in [2.45, 2.75) is 18.6 Å². The number of methoxy groups -OCH3 is 1. The molecule has 1 rings (SSSR count). The van der Waals surface area contributed by atoms with Crippen LogP contribution in [0, 0.1) is 0 Å². The highest BCUT2D eigenvalue weighted by atomic mass is 19.4. The van der Waals surface area contributed by atoms with Crippen molar-refractivity contribution in [2.75, 3.05) is 13.8 Å². The van der Waals surface area contributed by atoms with E-state index in [9.17, 15) is 17.6 Å². The summed E-state index contributed by atoms with van der Waals surface area (Å²) >= 11 is 0. The van der Waals surface area contributed by atoms with Crippen LogP contribution in [0.15, 0.2) is 18.2 Å². The zero-order valence-corrected chi connectivity index (χ0v) is 9.22. The van der Waals surface area contributed by atoms with Gasteiger partial charge in [-0.2, -0.15) is 13.2 Å². The summed E-state index contributed by atoms with van der Waals surface area (Å²) < 4.78 is 55.1. The number of hydrogen-bond acceptors (Lipinski definition) is 2. The predicted octanol–water partition coefficient (Wildman–Crippen LogP) is 3.07. The summed E-state index contributed by atoms with van der Waals surface area (Å²) in [5.41, 5.74) is 4.52. The molecule has 0 heterocycles. The topological polar surface area (TPSA) is 35.2 Å². The Labute approximate surface area is 96.4 Å². The first-order valence-electron chi connectivity index (χ1n) is 4.96. The first-order valence-corrected chi connectivity index (χ1v) is 4.96. The minimum atomic E-state index is -4.53. The molecular weight excluding hydrogens is 238 g/mol. The molecule has 17 heavy (non-hydrogen) atoms. The van der Waals surface area contributed by atoms with E-state index in [-0.39, 0.29) is 17.7 Å². The van der Waals surface area contributed by atoms with Crippen molar-refractivity contribution in [3.8, 4) is 5.75 Å². The van der Waals surface area contributed by atoms with Gasteiger partial charge in [-0.3, -0.25) is 4.39 Å². The fourth-order valence-electron chi connectivity index (χ4n) is 1.50. The van der Waals surface area contributed by atoms with E-state index >= 15 is 0 Å². The lowest BCUT2D eigenvalue weighted by atomic mass is 9.98. The Morgan fingerprint density at radius 2 is 2.00 bits per heavy atom. The molecule has 0 radical (unpaired) electrons. The molecule has 1 aromatic rings. The molecule has 0 spiro atoms. The summed E-state index contributed by atoms with van der Waals surface area (Å²) in [6.45, 7) is -0.759. The van der Waals surface area contributed by atoms with E-state index in [0.29, 0.717) is 0 Å². The van der Waals surface area contributed by atoms with Crippen LogP contribution in [0.25, 0.3) is 0 Å². The first-order chi connectivity index (χ1) is 7.90. The highest BCUT2D eigenvalue weighted by Gasteiger charge is 2.35. The van der Waals surface area contributed by atoms with Gasteiger partial charge in [0.1, 0.15) is 5.75 Å². The molecule has 2 N–H and O–H groups in total. The average Bonchev–Trinajstić information content (AvgIpc) is 2.27. The van der Waals surface area contributed by atoms with Crippen LogP contribution < -0.4 is 10.5 Å². The van der Waals surface area contributed by atoms with Crippen molar-refractivity contribution in [3.63, 3.8) is 0 Å². The molecule has 0 saturated heterocycles. The Kier molecular flexibility index (Phi) is 4.34. The summed E-state index contributed by atoms with van der Waals surface area (Å²) in [6, 6.07) is 2.50. The third-order valence-corrected chi connectivity index (χ3v) is 2.39. The molecule has 0 unspecified atom stereocenters. The summed E-state index contributed by atoms with van der Waals surface area (Å²) in [4.78, 5) is 0. The fourth-order valence-corrected chi connectivity index (χ4v) is 1.50. The SMILES string of the molecule is COc1ccc([C@H](N)CCF)c(C(F)(F)F)c1. The van der Waals surface area contributed by atoms with Crippen molar-refractivity contribution in [3.05, 3.63) is 29.3 Å². The Balaban J connectivity index is 3.20. The van der Waals surface area contributed by atoms with Gasteiger partial charge >= 0.3 is 6.18 Å². The van der Waals surface area contributed by atoms with E-state index in [1.54, 1.807) is 0 Å². The molecule has 96 valence electrons. The van der Waals surface area contributed by atoms with Gasteiger partial charge in [-0.15, -0.1) is 0 Å². The van der Waals surface area contributed by atoms with Crippen LogP contribution in [0.1, 0.15) is 23.6 Å². The van der Waals surface area contributed by atoms with Crippen LogP contribution in [-0.4, -0.2) is 13.8 Å². The molecule has 0 saturated carbocycles. The third kappa shape index (κ3) is 3.33. The molecule has 1 atom stereocenters. The molecule has 0 amide bonds. The molecule has 2 nitrogen and oxygen atoms in total. The molecule has 0 bridgehead atoms. The molecule has 6 heteroatoms.